The molecule has 0 aliphatic heterocycles. The first-order valence-electron chi connectivity index (χ1n) is 7.02. The lowest BCUT2D eigenvalue weighted by Gasteiger charge is -2.15. The summed E-state index contributed by atoms with van der Waals surface area (Å²) in [6.07, 6.45) is 1.90. The average Bonchev–Trinajstić information content (AvgIpc) is 2.51. The molecule has 0 unspecified atom stereocenters. The van der Waals surface area contributed by atoms with Crippen LogP contribution in [0.25, 0.3) is 0 Å². The summed E-state index contributed by atoms with van der Waals surface area (Å²) in [6, 6.07) is 0. The number of hydrogen-bond acceptors (Lipinski definition) is 7. The minimum atomic E-state index is -1.20. The van der Waals surface area contributed by atoms with Gasteiger partial charge in [-0.15, -0.1) is 0 Å². The highest BCUT2D eigenvalue weighted by molar-refractivity contribution is 5.68. The number of carboxylic acid groups (broad SMARTS) is 1. The van der Waals surface area contributed by atoms with Gasteiger partial charge >= 0.3 is 5.97 Å². The number of aliphatic hydroxyl groups is 3. The van der Waals surface area contributed by atoms with E-state index in [1.807, 2.05) is 0 Å². The molecule has 0 fully saturated rings. The van der Waals surface area contributed by atoms with Gasteiger partial charge in [0, 0.05) is 18.8 Å². The van der Waals surface area contributed by atoms with E-state index in [1.165, 1.54) is 6.20 Å². The molecule has 0 aromatic carbocycles. The lowest BCUT2D eigenvalue weighted by atomic mass is 10.1. The van der Waals surface area contributed by atoms with Crippen LogP contribution in [0.15, 0.2) is 12.4 Å². The predicted octanol–water partition coefficient (Wildman–Crippen LogP) is -0.844. The van der Waals surface area contributed by atoms with Crippen LogP contribution < -0.4 is 0 Å². The number of ether oxygens (including phenoxy) is 1. The van der Waals surface area contributed by atoms with E-state index >= 15 is 0 Å². The van der Waals surface area contributed by atoms with E-state index in [1.54, 1.807) is 13.1 Å². The van der Waals surface area contributed by atoms with E-state index in [2.05, 4.69) is 9.97 Å². The van der Waals surface area contributed by atoms with Gasteiger partial charge in [-0.25, -0.2) is 4.79 Å². The summed E-state index contributed by atoms with van der Waals surface area (Å²) >= 11 is 0. The Kier molecular flexibility index (Phi) is 7.89. The Morgan fingerprint density at radius 1 is 1.23 bits per heavy atom. The number of aryl methyl sites for hydroxylation is 1. The van der Waals surface area contributed by atoms with E-state index < -0.39 is 24.8 Å². The first-order valence-corrected chi connectivity index (χ1v) is 7.02. The number of hydrogen-bond donors (Lipinski definition) is 4. The van der Waals surface area contributed by atoms with Crippen molar-refractivity contribution >= 4 is 5.97 Å². The molecule has 0 aliphatic rings. The Balaban J connectivity index is 2.40. The number of carboxylic acids is 1. The summed E-state index contributed by atoms with van der Waals surface area (Å²) in [7, 11) is 0. The predicted molar refractivity (Wildman–Crippen MR) is 76.2 cm³/mol. The van der Waals surface area contributed by atoms with Crippen molar-refractivity contribution in [3.05, 3.63) is 23.8 Å². The second kappa shape index (κ2) is 9.42. The summed E-state index contributed by atoms with van der Waals surface area (Å²) in [5.41, 5.74) is 1.24. The Bertz CT molecular complexity index is 453. The third-order valence-electron chi connectivity index (χ3n) is 3.11. The first-order chi connectivity index (χ1) is 10.4. The van der Waals surface area contributed by atoms with Crippen molar-refractivity contribution in [2.75, 3.05) is 13.2 Å². The summed E-state index contributed by atoms with van der Waals surface area (Å²) in [4.78, 5) is 18.7. The van der Waals surface area contributed by atoms with E-state index in [-0.39, 0.29) is 19.1 Å². The molecule has 0 amide bonds. The van der Waals surface area contributed by atoms with Gasteiger partial charge in [-0.3, -0.25) is 9.97 Å². The lowest BCUT2D eigenvalue weighted by molar-refractivity contribution is -0.144. The molecule has 1 aromatic heterocycles. The number of aromatic nitrogens is 2. The monoisotopic (exact) mass is 314 g/mol. The zero-order chi connectivity index (χ0) is 16.5. The first kappa shape index (κ1) is 18.4. The zero-order valence-electron chi connectivity index (χ0n) is 12.4. The van der Waals surface area contributed by atoms with Crippen molar-refractivity contribution in [3.63, 3.8) is 0 Å². The number of nitrogens with zero attached hydrogens (tertiary/aromatic N) is 2. The van der Waals surface area contributed by atoms with Crippen LogP contribution in [-0.4, -0.2) is 67.9 Å². The second-order valence-electron chi connectivity index (χ2n) is 5.07. The number of carbonyl (C=O) groups is 1. The molecule has 0 saturated heterocycles. The Labute approximate surface area is 128 Å². The molecular formula is C14H22N2O6. The van der Waals surface area contributed by atoms with Gasteiger partial charge in [-0.05, 0) is 19.8 Å². The van der Waals surface area contributed by atoms with Crippen molar-refractivity contribution in [2.45, 2.75) is 44.5 Å². The molecule has 4 N–H and O–H groups in total. The Hall–Kier alpha value is -1.61. The Morgan fingerprint density at radius 2 is 1.86 bits per heavy atom. The fourth-order valence-electron chi connectivity index (χ4n) is 1.74. The largest absolute Gasteiger partial charge is 0.480 e. The maximum atomic E-state index is 10.4. The van der Waals surface area contributed by atoms with Gasteiger partial charge in [0.1, 0.15) is 12.7 Å². The van der Waals surface area contributed by atoms with Crippen molar-refractivity contribution in [1.29, 1.82) is 0 Å². The van der Waals surface area contributed by atoms with Crippen molar-refractivity contribution in [1.82, 2.24) is 9.97 Å². The molecule has 8 nitrogen and oxygen atoms in total. The van der Waals surface area contributed by atoms with Crippen molar-refractivity contribution in [2.24, 2.45) is 0 Å². The minimum Gasteiger partial charge on any atom is -0.480 e. The number of rotatable bonds is 10. The third kappa shape index (κ3) is 6.90. The van der Waals surface area contributed by atoms with Gasteiger partial charge in [0.05, 0.1) is 30.2 Å². The van der Waals surface area contributed by atoms with Crippen LogP contribution in [-0.2, 0) is 22.4 Å². The highest BCUT2D eigenvalue weighted by atomic mass is 16.5. The molecule has 0 radical (unpaired) electrons. The van der Waals surface area contributed by atoms with E-state index in [0.29, 0.717) is 18.5 Å². The third-order valence-corrected chi connectivity index (χ3v) is 3.11. The molecule has 1 heterocycles. The van der Waals surface area contributed by atoms with Crippen LogP contribution in [0, 0.1) is 0 Å². The van der Waals surface area contributed by atoms with Gasteiger partial charge in [-0.1, -0.05) is 0 Å². The molecule has 0 aliphatic carbocycles. The zero-order valence-corrected chi connectivity index (χ0v) is 12.4. The van der Waals surface area contributed by atoms with Crippen LogP contribution in [0.1, 0.15) is 24.7 Å². The van der Waals surface area contributed by atoms with Gasteiger partial charge in [0.2, 0.25) is 0 Å². The fraction of sp³-hybridized carbons (Fsp3) is 0.643. The number of aliphatic hydroxyl groups excluding tert-OH is 3. The summed E-state index contributed by atoms with van der Waals surface area (Å²) in [5.74, 6) is -1.00. The molecule has 0 bridgehead atoms. The number of aliphatic carboxylic acids is 1. The quantitative estimate of drug-likeness (QED) is 0.439. The summed E-state index contributed by atoms with van der Waals surface area (Å²) in [5, 5.41) is 36.1. The van der Waals surface area contributed by atoms with Gasteiger partial charge in [-0.2, -0.15) is 0 Å². The molecule has 0 saturated carbocycles. The fourth-order valence-corrected chi connectivity index (χ4v) is 1.74. The van der Waals surface area contributed by atoms with Crippen LogP contribution >= 0.6 is 0 Å². The molecule has 0 spiro atoms. The lowest BCUT2D eigenvalue weighted by Crippen LogP contribution is -2.31. The van der Waals surface area contributed by atoms with E-state index in [4.69, 9.17) is 14.9 Å². The molecule has 8 heteroatoms. The SMILES string of the molecule is C[C@H](CCc1cnc(C[C@H](O)[C@H](O)CO)cn1)OCC(=O)O. The maximum absolute atomic E-state index is 10.4. The molecule has 3 atom stereocenters. The topological polar surface area (TPSA) is 133 Å². The summed E-state index contributed by atoms with van der Waals surface area (Å²) < 4.78 is 5.11. The van der Waals surface area contributed by atoms with Gasteiger partial charge in [0.25, 0.3) is 0 Å². The second-order valence-corrected chi connectivity index (χ2v) is 5.07. The van der Waals surface area contributed by atoms with Crippen molar-refractivity contribution in [3.8, 4) is 0 Å². The summed E-state index contributed by atoms with van der Waals surface area (Å²) in [6.45, 7) is 0.954. The van der Waals surface area contributed by atoms with Crippen LogP contribution in [0.2, 0.25) is 0 Å². The standard InChI is InChI=1S/C14H22N2O6/c1-9(22-8-14(20)21)2-3-10-5-16-11(6-15-10)4-12(18)13(19)7-17/h5-6,9,12-13,17-19H,2-4,7-8H2,1H3,(H,20,21)/t9-,12+,13-/m1/s1. The maximum Gasteiger partial charge on any atom is 0.329 e. The van der Waals surface area contributed by atoms with Gasteiger partial charge in [0.15, 0.2) is 0 Å². The molecule has 1 rings (SSSR count). The van der Waals surface area contributed by atoms with Crippen LogP contribution in [0.4, 0.5) is 0 Å². The highest BCUT2D eigenvalue weighted by Gasteiger charge is 2.16. The molecule has 124 valence electrons. The molecule has 1 aromatic rings. The smallest absolute Gasteiger partial charge is 0.329 e. The Morgan fingerprint density at radius 3 is 2.41 bits per heavy atom. The minimum absolute atomic E-state index is 0.104. The average molecular weight is 314 g/mol. The molecule has 22 heavy (non-hydrogen) atoms. The van der Waals surface area contributed by atoms with Crippen LogP contribution in [0.5, 0.6) is 0 Å². The normalized spacial score (nSPS) is 15.3. The van der Waals surface area contributed by atoms with Crippen molar-refractivity contribution < 1.29 is 30.0 Å². The van der Waals surface area contributed by atoms with Crippen LogP contribution in [0.3, 0.4) is 0 Å². The van der Waals surface area contributed by atoms with E-state index in [9.17, 15) is 15.0 Å². The molecular weight excluding hydrogens is 292 g/mol. The van der Waals surface area contributed by atoms with Gasteiger partial charge < -0.3 is 25.2 Å². The van der Waals surface area contributed by atoms with E-state index in [0.717, 1.165) is 5.69 Å². The highest BCUT2D eigenvalue weighted by Crippen LogP contribution is 2.07.